The van der Waals surface area contributed by atoms with E-state index >= 15 is 0 Å². The van der Waals surface area contributed by atoms with Crippen LogP contribution in [0.4, 0.5) is 5.69 Å². The molecule has 2 aromatic carbocycles. The number of para-hydroxylation sites is 1. The number of rotatable bonds is 12. The number of carbonyl (C=O) groups excluding carboxylic acids is 1. The lowest BCUT2D eigenvalue weighted by molar-refractivity contribution is -0.113. The highest BCUT2D eigenvalue weighted by molar-refractivity contribution is 7.99. The highest BCUT2D eigenvalue weighted by atomic mass is 32.2. The maximum atomic E-state index is 12.8. The molecule has 34 heavy (non-hydrogen) atoms. The van der Waals surface area contributed by atoms with Crippen molar-refractivity contribution in [3.63, 3.8) is 0 Å². The molecule has 3 aromatic rings. The van der Waals surface area contributed by atoms with Crippen LogP contribution in [0.3, 0.4) is 0 Å². The molecule has 1 heterocycles. The van der Waals surface area contributed by atoms with Gasteiger partial charge in [-0.2, -0.15) is 0 Å². The number of ether oxygens (including phenoxy) is 1. The van der Waals surface area contributed by atoms with E-state index in [0.29, 0.717) is 12.5 Å². The minimum atomic E-state index is -0.0338. The number of anilines is 1. The molecule has 0 radical (unpaired) electrons. The predicted molar refractivity (Wildman–Crippen MR) is 140 cm³/mol. The fourth-order valence-electron chi connectivity index (χ4n) is 3.76. The summed E-state index contributed by atoms with van der Waals surface area (Å²) in [5.74, 6) is 2.23. The summed E-state index contributed by atoms with van der Waals surface area (Å²) in [4.78, 5) is 12.8. The van der Waals surface area contributed by atoms with E-state index < -0.39 is 0 Å². The van der Waals surface area contributed by atoms with Crippen molar-refractivity contribution in [2.45, 2.75) is 72.2 Å². The number of hydrogen-bond donors (Lipinski definition) is 1. The first-order valence-electron chi connectivity index (χ1n) is 12.1. The molecule has 0 bridgehead atoms. The molecule has 0 aliphatic heterocycles. The van der Waals surface area contributed by atoms with Crippen molar-refractivity contribution in [3.05, 3.63) is 65.0 Å². The van der Waals surface area contributed by atoms with E-state index in [2.05, 4.69) is 85.0 Å². The molecule has 1 amide bonds. The quantitative estimate of drug-likeness (QED) is 0.325. The van der Waals surface area contributed by atoms with Gasteiger partial charge in [-0.3, -0.25) is 4.79 Å². The Morgan fingerprint density at radius 1 is 1.00 bits per heavy atom. The molecule has 3 rings (SSSR count). The van der Waals surface area contributed by atoms with Gasteiger partial charge in [-0.05, 0) is 54.0 Å². The van der Waals surface area contributed by atoms with E-state index in [1.54, 1.807) is 0 Å². The molecular formula is C27H36N4O2S. The Kier molecular flexibility index (Phi) is 9.57. The van der Waals surface area contributed by atoms with Crippen molar-refractivity contribution < 1.29 is 9.53 Å². The summed E-state index contributed by atoms with van der Waals surface area (Å²) in [5, 5.41) is 12.6. The zero-order chi connectivity index (χ0) is 24.5. The van der Waals surface area contributed by atoms with Crippen LogP contribution in [0.15, 0.2) is 47.6 Å². The molecule has 6 nitrogen and oxygen atoms in total. The summed E-state index contributed by atoms with van der Waals surface area (Å²) in [5.41, 5.74) is 4.55. The molecule has 0 saturated heterocycles. The zero-order valence-corrected chi connectivity index (χ0v) is 21.7. The summed E-state index contributed by atoms with van der Waals surface area (Å²) in [7, 11) is 0. The first kappa shape index (κ1) is 25.8. The van der Waals surface area contributed by atoms with Crippen LogP contribution in [0.1, 0.15) is 57.1 Å². The Labute approximate surface area is 207 Å². The number of carbonyl (C=O) groups is 1. The van der Waals surface area contributed by atoms with Crippen molar-refractivity contribution in [3.8, 4) is 5.75 Å². The van der Waals surface area contributed by atoms with E-state index in [1.165, 1.54) is 17.3 Å². The summed E-state index contributed by atoms with van der Waals surface area (Å²) >= 11 is 1.41. The van der Waals surface area contributed by atoms with Crippen LogP contribution in [-0.4, -0.2) is 26.4 Å². The van der Waals surface area contributed by atoms with E-state index in [1.807, 2.05) is 12.1 Å². The minimum Gasteiger partial charge on any atom is -0.486 e. The fourth-order valence-corrected chi connectivity index (χ4v) is 4.53. The standard InChI is InChI=1S/C27H36N4O2S/c1-6-20-12-14-23(15-13-20)33-17-24-29-30-27(31(24)16-19(4)5)34-18-25(32)28-26-21(7-2)10-9-11-22(26)8-3/h9-15,19H,6-8,16-18H2,1-5H3,(H,28,32). The third kappa shape index (κ3) is 6.86. The first-order valence-corrected chi connectivity index (χ1v) is 13.1. The Morgan fingerprint density at radius 2 is 1.68 bits per heavy atom. The molecule has 0 aliphatic carbocycles. The van der Waals surface area contributed by atoms with Crippen LogP contribution in [0, 0.1) is 5.92 Å². The highest BCUT2D eigenvalue weighted by Crippen LogP contribution is 2.24. The van der Waals surface area contributed by atoms with E-state index in [0.717, 1.165) is 59.4 Å². The monoisotopic (exact) mass is 480 g/mol. The van der Waals surface area contributed by atoms with Gasteiger partial charge in [0.05, 0.1) is 5.75 Å². The van der Waals surface area contributed by atoms with Crippen LogP contribution < -0.4 is 10.1 Å². The van der Waals surface area contributed by atoms with E-state index in [-0.39, 0.29) is 11.7 Å². The normalized spacial score (nSPS) is 11.1. The lowest BCUT2D eigenvalue weighted by Crippen LogP contribution is -2.18. The van der Waals surface area contributed by atoms with Gasteiger partial charge in [-0.25, -0.2) is 0 Å². The lowest BCUT2D eigenvalue weighted by atomic mass is 10.0. The average Bonchev–Trinajstić information content (AvgIpc) is 3.22. The topological polar surface area (TPSA) is 69.0 Å². The number of aromatic nitrogens is 3. The number of amides is 1. The number of benzene rings is 2. The maximum Gasteiger partial charge on any atom is 0.234 e. The molecular weight excluding hydrogens is 444 g/mol. The van der Waals surface area contributed by atoms with Gasteiger partial charge in [0.1, 0.15) is 12.4 Å². The minimum absolute atomic E-state index is 0.0338. The SMILES string of the molecule is CCc1ccc(OCc2nnc(SCC(=O)Nc3c(CC)cccc3CC)n2CC(C)C)cc1. The summed E-state index contributed by atoms with van der Waals surface area (Å²) in [6, 6.07) is 14.3. The Bertz CT molecular complexity index is 1050. The molecule has 0 fully saturated rings. The third-order valence-electron chi connectivity index (χ3n) is 5.64. The van der Waals surface area contributed by atoms with Gasteiger partial charge in [-0.1, -0.05) is 76.7 Å². The van der Waals surface area contributed by atoms with Crippen LogP contribution in [0.5, 0.6) is 5.75 Å². The van der Waals surface area contributed by atoms with Gasteiger partial charge < -0.3 is 14.6 Å². The molecule has 1 aromatic heterocycles. The third-order valence-corrected chi connectivity index (χ3v) is 6.60. The first-order chi connectivity index (χ1) is 16.4. The highest BCUT2D eigenvalue weighted by Gasteiger charge is 2.17. The van der Waals surface area contributed by atoms with Crippen LogP contribution in [0.25, 0.3) is 0 Å². The van der Waals surface area contributed by atoms with Crippen molar-refractivity contribution in [1.82, 2.24) is 14.8 Å². The molecule has 0 atom stereocenters. The molecule has 7 heteroatoms. The number of nitrogens with zero attached hydrogens (tertiary/aromatic N) is 3. The second-order valence-electron chi connectivity index (χ2n) is 8.68. The number of nitrogens with one attached hydrogen (secondary N) is 1. The van der Waals surface area contributed by atoms with Gasteiger partial charge in [-0.15, -0.1) is 10.2 Å². The summed E-state index contributed by atoms with van der Waals surface area (Å²) in [6.45, 7) is 11.8. The van der Waals surface area contributed by atoms with E-state index in [9.17, 15) is 4.79 Å². The van der Waals surface area contributed by atoms with E-state index in [4.69, 9.17) is 4.74 Å². The number of thioether (sulfide) groups is 1. The molecule has 0 unspecified atom stereocenters. The zero-order valence-electron chi connectivity index (χ0n) is 20.9. The molecule has 0 spiro atoms. The Balaban J connectivity index is 1.67. The van der Waals surface area contributed by atoms with Gasteiger partial charge in [0.15, 0.2) is 11.0 Å². The van der Waals surface area contributed by atoms with Crippen molar-refractivity contribution in [2.24, 2.45) is 5.92 Å². The van der Waals surface area contributed by atoms with Crippen molar-refractivity contribution in [2.75, 3.05) is 11.1 Å². The van der Waals surface area contributed by atoms with Crippen LogP contribution in [-0.2, 0) is 37.2 Å². The molecule has 0 aliphatic rings. The van der Waals surface area contributed by atoms with Gasteiger partial charge in [0.25, 0.3) is 0 Å². The molecule has 1 N–H and O–H groups in total. The fraction of sp³-hybridized carbons (Fsp3) is 0.444. The maximum absolute atomic E-state index is 12.8. The Morgan fingerprint density at radius 3 is 2.26 bits per heavy atom. The smallest absolute Gasteiger partial charge is 0.234 e. The van der Waals surface area contributed by atoms with Gasteiger partial charge in [0.2, 0.25) is 5.91 Å². The van der Waals surface area contributed by atoms with Crippen LogP contribution in [0.2, 0.25) is 0 Å². The molecule has 182 valence electrons. The number of hydrogen-bond acceptors (Lipinski definition) is 5. The van der Waals surface area contributed by atoms with Crippen molar-refractivity contribution >= 4 is 23.4 Å². The number of aryl methyl sites for hydroxylation is 3. The average molecular weight is 481 g/mol. The predicted octanol–water partition coefficient (Wildman–Crippen LogP) is 5.93. The second kappa shape index (κ2) is 12.6. The second-order valence-corrected chi connectivity index (χ2v) is 9.63. The summed E-state index contributed by atoms with van der Waals surface area (Å²) < 4.78 is 8.04. The van der Waals surface area contributed by atoms with Crippen LogP contribution >= 0.6 is 11.8 Å². The largest absolute Gasteiger partial charge is 0.486 e. The van der Waals surface area contributed by atoms with Gasteiger partial charge >= 0.3 is 0 Å². The van der Waals surface area contributed by atoms with Gasteiger partial charge in [0, 0.05) is 12.2 Å². The van der Waals surface area contributed by atoms with Crippen molar-refractivity contribution in [1.29, 1.82) is 0 Å². The lowest BCUT2D eigenvalue weighted by Gasteiger charge is -2.15. The summed E-state index contributed by atoms with van der Waals surface area (Å²) in [6.07, 6.45) is 2.76. The molecule has 0 saturated carbocycles. The Hall–Kier alpha value is -2.80.